The number of carbonyl (C=O) groups excluding carboxylic acids is 1. The molecule has 4 heteroatoms. The van der Waals surface area contributed by atoms with E-state index in [1.54, 1.807) is 7.11 Å². The minimum absolute atomic E-state index is 0.215. The van der Waals surface area contributed by atoms with Crippen LogP contribution in [-0.4, -0.2) is 20.2 Å². The number of fused-ring (bicyclic) bond motifs is 3. The molecule has 0 amide bonds. The Balaban J connectivity index is 1.68. The van der Waals surface area contributed by atoms with Gasteiger partial charge in [0.05, 0.1) is 25.8 Å². The van der Waals surface area contributed by atoms with Crippen LogP contribution in [0.3, 0.4) is 0 Å². The first-order valence-corrected chi connectivity index (χ1v) is 8.50. The highest BCUT2D eigenvalue weighted by atomic mass is 16.5. The fraction of sp³-hybridized carbons (Fsp3) is 0.286. The van der Waals surface area contributed by atoms with Crippen molar-refractivity contribution < 1.29 is 14.3 Å². The maximum Gasteiger partial charge on any atom is 0.337 e. The minimum Gasteiger partial charge on any atom is -0.497 e. The van der Waals surface area contributed by atoms with E-state index in [-0.39, 0.29) is 12.0 Å². The maximum atomic E-state index is 11.6. The van der Waals surface area contributed by atoms with E-state index < -0.39 is 0 Å². The Bertz CT molecular complexity index is 826. The Morgan fingerprint density at radius 2 is 1.92 bits per heavy atom. The molecule has 4 rings (SSSR count). The van der Waals surface area contributed by atoms with Crippen molar-refractivity contribution in [3.05, 3.63) is 71.3 Å². The van der Waals surface area contributed by atoms with E-state index in [4.69, 9.17) is 9.47 Å². The Labute approximate surface area is 147 Å². The van der Waals surface area contributed by atoms with Gasteiger partial charge in [0.15, 0.2) is 0 Å². The van der Waals surface area contributed by atoms with Gasteiger partial charge in [0.2, 0.25) is 0 Å². The predicted molar refractivity (Wildman–Crippen MR) is 97.1 cm³/mol. The van der Waals surface area contributed by atoms with Gasteiger partial charge in [-0.05, 0) is 53.8 Å². The smallest absolute Gasteiger partial charge is 0.337 e. The Morgan fingerprint density at radius 3 is 2.64 bits per heavy atom. The molecule has 0 spiro atoms. The third-order valence-electron chi connectivity index (χ3n) is 5.26. The zero-order valence-electron chi connectivity index (χ0n) is 14.4. The second kappa shape index (κ2) is 6.28. The van der Waals surface area contributed by atoms with Crippen molar-refractivity contribution in [3.63, 3.8) is 0 Å². The zero-order valence-corrected chi connectivity index (χ0v) is 14.4. The van der Waals surface area contributed by atoms with Crippen molar-refractivity contribution in [1.29, 1.82) is 0 Å². The van der Waals surface area contributed by atoms with E-state index in [1.165, 1.54) is 18.2 Å². The van der Waals surface area contributed by atoms with Crippen LogP contribution < -0.4 is 10.1 Å². The van der Waals surface area contributed by atoms with Crippen molar-refractivity contribution in [2.45, 2.75) is 18.4 Å². The van der Waals surface area contributed by atoms with Gasteiger partial charge in [-0.3, -0.25) is 0 Å². The number of rotatable bonds is 3. The molecule has 1 aliphatic carbocycles. The lowest BCUT2D eigenvalue weighted by Crippen LogP contribution is -2.29. The Morgan fingerprint density at radius 1 is 1.12 bits per heavy atom. The molecule has 25 heavy (non-hydrogen) atoms. The molecule has 0 saturated carbocycles. The monoisotopic (exact) mass is 335 g/mol. The fourth-order valence-corrected chi connectivity index (χ4v) is 3.97. The summed E-state index contributed by atoms with van der Waals surface area (Å²) in [4.78, 5) is 11.6. The first kappa shape index (κ1) is 15.8. The van der Waals surface area contributed by atoms with Gasteiger partial charge in [-0.1, -0.05) is 24.3 Å². The van der Waals surface area contributed by atoms with Crippen LogP contribution in [0.4, 0.5) is 5.69 Å². The number of esters is 1. The summed E-state index contributed by atoms with van der Waals surface area (Å²) >= 11 is 0. The van der Waals surface area contributed by atoms with Crippen LogP contribution in [-0.2, 0) is 4.74 Å². The molecule has 3 atom stereocenters. The average molecular weight is 335 g/mol. The van der Waals surface area contributed by atoms with Gasteiger partial charge in [-0.25, -0.2) is 4.79 Å². The van der Waals surface area contributed by atoms with Crippen molar-refractivity contribution in [1.82, 2.24) is 0 Å². The van der Waals surface area contributed by atoms with Gasteiger partial charge in [-0.2, -0.15) is 0 Å². The second-order valence-corrected chi connectivity index (χ2v) is 6.54. The van der Waals surface area contributed by atoms with E-state index in [2.05, 4.69) is 29.6 Å². The van der Waals surface area contributed by atoms with Crippen molar-refractivity contribution in [3.8, 4) is 5.75 Å². The number of allylic oxidation sites excluding steroid dienone is 2. The highest BCUT2D eigenvalue weighted by Crippen LogP contribution is 2.50. The molecule has 0 aromatic heterocycles. The van der Waals surface area contributed by atoms with Gasteiger partial charge >= 0.3 is 5.97 Å². The predicted octanol–water partition coefficient (Wildman–Crippen LogP) is 4.31. The molecule has 2 aromatic carbocycles. The fourth-order valence-electron chi connectivity index (χ4n) is 3.97. The molecule has 1 heterocycles. The first-order chi connectivity index (χ1) is 12.2. The largest absolute Gasteiger partial charge is 0.497 e. The summed E-state index contributed by atoms with van der Waals surface area (Å²) in [6, 6.07) is 14.1. The molecule has 1 aliphatic heterocycles. The average Bonchev–Trinajstić information content (AvgIpc) is 3.16. The van der Waals surface area contributed by atoms with Gasteiger partial charge in [-0.15, -0.1) is 0 Å². The van der Waals surface area contributed by atoms with Gasteiger partial charge in [0.25, 0.3) is 0 Å². The van der Waals surface area contributed by atoms with Crippen LogP contribution in [0.2, 0.25) is 0 Å². The molecule has 2 aliphatic rings. The summed E-state index contributed by atoms with van der Waals surface area (Å²) in [5.74, 6) is 1.43. The normalized spacial score (nSPS) is 23.4. The third kappa shape index (κ3) is 2.68. The summed E-state index contributed by atoms with van der Waals surface area (Å²) in [5.41, 5.74) is 4.21. The molecular formula is C21H21NO3. The number of hydrogen-bond acceptors (Lipinski definition) is 4. The topological polar surface area (TPSA) is 47.6 Å². The summed E-state index contributed by atoms with van der Waals surface area (Å²) in [6.07, 6.45) is 5.61. The van der Waals surface area contributed by atoms with Crippen LogP contribution in [0.5, 0.6) is 5.75 Å². The molecular weight excluding hydrogens is 314 g/mol. The van der Waals surface area contributed by atoms with Crippen LogP contribution in [0, 0.1) is 5.92 Å². The van der Waals surface area contributed by atoms with Crippen LogP contribution in [0.25, 0.3) is 0 Å². The molecule has 0 fully saturated rings. The standard InChI is InChI=1S/C21H21NO3/c1-24-15-10-11-19-18(12-15)16-4-3-5-17(16)20(22-19)13-6-8-14(9-7-13)21(23)25-2/h3-4,6-12,16-17,20,22H,5H2,1-2H3/t16-,17+,20-/m1/s1. The lowest BCUT2D eigenvalue weighted by atomic mass is 9.77. The summed E-state index contributed by atoms with van der Waals surface area (Å²) in [6.45, 7) is 0. The number of carbonyl (C=O) groups is 1. The van der Waals surface area contributed by atoms with Gasteiger partial charge < -0.3 is 14.8 Å². The first-order valence-electron chi connectivity index (χ1n) is 8.50. The van der Waals surface area contributed by atoms with Crippen LogP contribution in [0.15, 0.2) is 54.6 Å². The SMILES string of the molecule is COC(=O)c1ccc([C@H]2Nc3ccc(OC)cc3[C@@H]3C=CC[C@H]23)cc1. The molecule has 0 saturated heterocycles. The molecule has 128 valence electrons. The molecule has 2 aromatic rings. The van der Waals surface area contributed by atoms with Gasteiger partial charge in [0.1, 0.15) is 5.75 Å². The quantitative estimate of drug-likeness (QED) is 0.671. The van der Waals surface area contributed by atoms with Crippen LogP contribution >= 0.6 is 0 Å². The Hall–Kier alpha value is -2.75. The Kier molecular flexibility index (Phi) is 3.96. The lowest BCUT2D eigenvalue weighted by Gasteiger charge is -2.37. The maximum absolute atomic E-state index is 11.6. The number of benzene rings is 2. The molecule has 0 bridgehead atoms. The van der Waals surface area contributed by atoms with E-state index >= 15 is 0 Å². The lowest BCUT2D eigenvalue weighted by molar-refractivity contribution is 0.0600. The van der Waals surface area contributed by atoms with Crippen molar-refractivity contribution in [2.75, 3.05) is 19.5 Å². The van der Waals surface area contributed by atoms with Gasteiger partial charge in [0, 0.05) is 11.6 Å². The summed E-state index contributed by atoms with van der Waals surface area (Å²) < 4.78 is 10.2. The van der Waals surface area contributed by atoms with E-state index in [0.717, 1.165) is 17.9 Å². The summed E-state index contributed by atoms with van der Waals surface area (Å²) in [5, 5.41) is 3.69. The summed E-state index contributed by atoms with van der Waals surface area (Å²) in [7, 11) is 3.10. The number of ether oxygens (including phenoxy) is 2. The highest BCUT2D eigenvalue weighted by molar-refractivity contribution is 5.89. The van der Waals surface area contributed by atoms with E-state index in [1.807, 2.05) is 30.3 Å². The van der Waals surface area contributed by atoms with E-state index in [0.29, 0.717) is 17.4 Å². The van der Waals surface area contributed by atoms with Crippen molar-refractivity contribution >= 4 is 11.7 Å². The number of hydrogen-bond donors (Lipinski definition) is 1. The number of nitrogens with one attached hydrogen (secondary N) is 1. The van der Waals surface area contributed by atoms with Crippen LogP contribution in [0.1, 0.15) is 39.9 Å². The molecule has 4 nitrogen and oxygen atoms in total. The number of anilines is 1. The van der Waals surface area contributed by atoms with Crippen molar-refractivity contribution in [2.24, 2.45) is 5.92 Å². The molecule has 0 unspecified atom stereocenters. The minimum atomic E-state index is -0.305. The zero-order chi connectivity index (χ0) is 17.4. The van der Waals surface area contributed by atoms with E-state index in [9.17, 15) is 4.79 Å². The molecule has 1 N–H and O–H groups in total. The third-order valence-corrected chi connectivity index (χ3v) is 5.26. The highest BCUT2D eigenvalue weighted by Gasteiger charge is 2.38. The second-order valence-electron chi connectivity index (χ2n) is 6.54. The molecule has 0 radical (unpaired) electrons. The number of methoxy groups -OCH3 is 2.